The van der Waals surface area contributed by atoms with Crippen molar-refractivity contribution < 1.29 is 9.59 Å². The van der Waals surface area contributed by atoms with Crippen LogP contribution in [0.15, 0.2) is 24.3 Å². The van der Waals surface area contributed by atoms with Gasteiger partial charge in [0.1, 0.15) is 0 Å². The van der Waals surface area contributed by atoms with Crippen molar-refractivity contribution in [2.45, 2.75) is 19.8 Å². The highest BCUT2D eigenvalue weighted by Crippen LogP contribution is 2.27. The van der Waals surface area contributed by atoms with Gasteiger partial charge in [0.25, 0.3) is 0 Å². The van der Waals surface area contributed by atoms with Crippen LogP contribution in [0.3, 0.4) is 0 Å². The number of imide groups is 1. The van der Waals surface area contributed by atoms with Crippen molar-refractivity contribution in [3.8, 4) is 0 Å². The third-order valence-corrected chi connectivity index (χ3v) is 3.45. The Kier molecular flexibility index (Phi) is 3.87. The van der Waals surface area contributed by atoms with Crippen molar-refractivity contribution in [2.75, 3.05) is 11.4 Å². The Bertz CT molecular complexity index is 476. The first-order valence-electron chi connectivity index (χ1n) is 5.98. The number of anilines is 1. The summed E-state index contributed by atoms with van der Waals surface area (Å²) in [4.78, 5) is 25.3. The van der Waals surface area contributed by atoms with E-state index in [4.69, 9.17) is 11.6 Å². The maximum Gasteiger partial charge on any atom is 0.328 e. The molecule has 1 saturated heterocycles. The number of nitrogens with zero attached hydrogens (tertiary/aromatic N) is 1. The van der Waals surface area contributed by atoms with Crippen LogP contribution in [-0.2, 0) is 4.79 Å². The zero-order valence-electron chi connectivity index (χ0n) is 10.1. The lowest BCUT2D eigenvalue weighted by Crippen LogP contribution is -2.41. The molecule has 1 aromatic rings. The summed E-state index contributed by atoms with van der Waals surface area (Å²) in [5.41, 5.74) is 0.443. The molecule has 0 radical (unpaired) electrons. The van der Waals surface area contributed by atoms with Crippen molar-refractivity contribution in [2.24, 2.45) is 5.92 Å². The molecule has 2 rings (SSSR count). The summed E-state index contributed by atoms with van der Waals surface area (Å²) in [6.45, 7) is 2.54. The molecule has 0 bridgehead atoms. The van der Waals surface area contributed by atoms with Crippen molar-refractivity contribution in [3.63, 3.8) is 0 Å². The summed E-state index contributed by atoms with van der Waals surface area (Å²) in [5.74, 6) is -0.0149. The number of urea groups is 1. The summed E-state index contributed by atoms with van der Waals surface area (Å²) < 4.78 is 0. The molecular weight excluding hydrogens is 252 g/mol. The van der Waals surface area contributed by atoms with Crippen molar-refractivity contribution in [1.82, 2.24) is 5.32 Å². The minimum atomic E-state index is -0.399. The summed E-state index contributed by atoms with van der Waals surface area (Å²) >= 11 is 6.04. The molecule has 1 N–H and O–H groups in total. The number of amides is 3. The second kappa shape index (κ2) is 5.40. The number of para-hydroxylation sites is 1. The van der Waals surface area contributed by atoms with E-state index in [1.807, 2.05) is 6.92 Å². The number of carbonyl (C=O) groups excluding carboxylic acids is 2. The van der Waals surface area contributed by atoms with Crippen LogP contribution in [0, 0.1) is 5.92 Å². The van der Waals surface area contributed by atoms with Gasteiger partial charge in [-0.25, -0.2) is 9.69 Å². The van der Waals surface area contributed by atoms with E-state index in [1.54, 1.807) is 24.3 Å². The Labute approximate surface area is 111 Å². The summed E-state index contributed by atoms with van der Waals surface area (Å²) in [7, 11) is 0. The fourth-order valence-corrected chi connectivity index (χ4v) is 2.22. The summed E-state index contributed by atoms with van der Waals surface area (Å²) in [6, 6.07) is 6.46. The predicted molar refractivity (Wildman–Crippen MR) is 70.7 cm³/mol. The Morgan fingerprint density at radius 3 is 2.78 bits per heavy atom. The molecule has 1 atom stereocenters. The third kappa shape index (κ3) is 2.48. The molecule has 1 aromatic carbocycles. The highest BCUT2D eigenvalue weighted by atomic mass is 35.5. The van der Waals surface area contributed by atoms with E-state index >= 15 is 0 Å². The van der Waals surface area contributed by atoms with Gasteiger partial charge in [-0.1, -0.05) is 37.1 Å². The molecule has 3 amide bonds. The number of halogens is 1. The van der Waals surface area contributed by atoms with E-state index in [1.165, 1.54) is 0 Å². The van der Waals surface area contributed by atoms with E-state index in [2.05, 4.69) is 5.32 Å². The van der Waals surface area contributed by atoms with Gasteiger partial charge < -0.3 is 5.32 Å². The SMILES string of the molecule is CCC1CNC(=O)N(c2ccccc2Cl)C(=O)C1. The van der Waals surface area contributed by atoms with Crippen LogP contribution >= 0.6 is 11.6 Å². The average molecular weight is 267 g/mol. The molecule has 0 spiro atoms. The van der Waals surface area contributed by atoms with Gasteiger partial charge in [-0.15, -0.1) is 0 Å². The number of hydrogen-bond donors (Lipinski definition) is 1. The quantitative estimate of drug-likeness (QED) is 0.895. The van der Waals surface area contributed by atoms with Crippen molar-refractivity contribution >= 4 is 29.2 Å². The fraction of sp³-hybridized carbons (Fsp3) is 0.385. The zero-order chi connectivity index (χ0) is 13.1. The maximum atomic E-state index is 12.2. The first-order chi connectivity index (χ1) is 8.63. The molecule has 1 unspecified atom stereocenters. The monoisotopic (exact) mass is 266 g/mol. The van der Waals surface area contributed by atoms with Gasteiger partial charge in [-0.3, -0.25) is 4.79 Å². The van der Waals surface area contributed by atoms with E-state index < -0.39 is 6.03 Å². The first-order valence-corrected chi connectivity index (χ1v) is 6.36. The van der Waals surface area contributed by atoms with Crippen LogP contribution in [0.1, 0.15) is 19.8 Å². The number of carbonyl (C=O) groups is 2. The highest BCUT2D eigenvalue weighted by molar-refractivity contribution is 6.35. The standard InChI is InChI=1S/C13H15ClN2O2/c1-2-9-7-12(17)16(13(18)15-8-9)11-6-4-3-5-10(11)14/h3-6,9H,2,7-8H2,1H3,(H,15,18). The van der Waals surface area contributed by atoms with Gasteiger partial charge in [-0.05, 0) is 18.1 Å². The maximum absolute atomic E-state index is 12.2. The zero-order valence-corrected chi connectivity index (χ0v) is 10.9. The molecule has 4 nitrogen and oxygen atoms in total. The molecule has 1 aliphatic rings. The van der Waals surface area contributed by atoms with Crippen LogP contribution in [-0.4, -0.2) is 18.5 Å². The Balaban J connectivity index is 2.34. The predicted octanol–water partition coefficient (Wildman–Crippen LogP) is 2.81. The minimum Gasteiger partial charge on any atom is -0.337 e. The van der Waals surface area contributed by atoms with E-state index in [-0.39, 0.29) is 11.8 Å². The molecule has 0 aliphatic carbocycles. The van der Waals surface area contributed by atoms with Crippen molar-refractivity contribution in [1.29, 1.82) is 0 Å². The lowest BCUT2D eigenvalue weighted by Gasteiger charge is -2.19. The van der Waals surface area contributed by atoms with Gasteiger partial charge in [0, 0.05) is 13.0 Å². The van der Waals surface area contributed by atoms with Gasteiger partial charge in [0.05, 0.1) is 10.7 Å². The van der Waals surface area contributed by atoms with E-state index in [0.29, 0.717) is 23.7 Å². The van der Waals surface area contributed by atoms with Crippen LogP contribution in [0.2, 0.25) is 5.02 Å². The molecule has 96 valence electrons. The summed E-state index contributed by atoms with van der Waals surface area (Å²) in [5, 5.41) is 3.16. The average Bonchev–Trinajstić information content (AvgIpc) is 2.50. The largest absolute Gasteiger partial charge is 0.337 e. The first kappa shape index (κ1) is 12.9. The van der Waals surface area contributed by atoms with Crippen LogP contribution in [0.25, 0.3) is 0 Å². The van der Waals surface area contributed by atoms with Gasteiger partial charge in [0.2, 0.25) is 5.91 Å². The molecule has 0 saturated carbocycles. The molecule has 0 aromatic heterocycles. The van der Waals surface area contributed by atoms with Gasteiger partial charge >= 0.3 is 6.03 Å². The van der Waals surface area contributed by atoms with Crippen LogP contribution in [0.4, 0.5) is 10.5 Å². The minimum absolute atomic E-state index is 0.189. The second-order valence-electron chi connectivity index (χ2n) is 4.35. The Morgan fingerprint density at radius 2 is 2.11 bits per heavy atom. The molecule has 1 fully saturated rings. The van der Waals surface area contributed by atoms with E-state index in [0.717, 1.165) is 11.3 Å². The molecule has 1 heterocycles. The lowest BCUT2D eigenvalue weighted by atomic mass is 10.0. The number of rotatable bonds is 2. The normalized spacial score (nSPS) is 20.6. The molecule has 5 heteroatoms. The van der Waals surface area contributed by atoms with Crippen molar-refractivity contribution in [3.05, 3.63) is 29.3 Å². The van der Waals surface area contributed by atoms with Crippen LogP contribution in [0.5, 0.6) is 0 Å². The highest BCUT2D eigenvalue weighted by Gasteiger charge is 2.30. The Morgan fingerprint density at radius 1 is 1.39 bits per heavy atom. The summed E-state index contributed by atoms with van der Waals surface area (Å²) in [6.07, 6.45) is 1.23. The van der Waals surface area contributed by atoms with E-state index in [9.17, 15) is 9.59 Å². The molecule has 18 heavy (non-hydrogen) atoms. The van der Waals surface area contributed by atoms with Gasteiger partial charge in [0.15, 0.2) is 0 Å². The topological polar surface area (TPSA) is 49.4 Å². The third-order valence-electron chi connectivity index (χ3n) is 3.13. The lowest BCUT2D eigenvalue weighted by molar-refractivity contribution is -0.118. The van der Waals surface area contributed by atoms with Crippen LogP contribution < -0.4 is 10.2 Å². The molecular formula is C13H15ClN2O2. The fourth-order valence-electron chi connectivity index (χ4n) is 2.00. The van der Waals surface area contributed by atoms with Gasteiger partial charge in [-0.2, -0.15) is 0 Å². The molecule has 1 aliphatic heterocycles. The smallest absolute Gasteiger partial charge is 0.328 e. The second-order valence-corrected chi connectivity index (χ2v) is 4.75. The Hall–Kier alpha value is -1.55. The number of benzene rings is 1. The number of hydrogen-bond acceptors (Lipinski definition) is 2. The number of nitrogens with one attached hydrogen (secondary N) is 1.